The normalized spacial score (nSPS) is 14.4. The van der Waals surface area contributed by atoms with Gasteiger partial charge in [0.25, 0.3) is 5.56 Å². The summed E-state index contributed by atoms with van der Waals surface area (Å²) in [5.41, 5.74) is 0.192. The van der Waals surface area contributed by atoms with Crippen LogP contribution in [0.15, 0.2) is 15.7 Å². The minimum absolute atomic E-state index is 0.255. The second kappa shape index (κ2) is 6.70. The molecule has 5 heteroatoms. The topological polar surface area (TPSA) is 56.0 Å². The van der Waals surface area contributed by atoms with E-state index in [2.05, 4.69) is 26.1 Å². The maximum absolute atomic E-state index is 11.8. The van der Waals surface area contributed by atoms with E-state index in [0.717, 1.165) is 23.1 Å². The molecule has 1 aromatic rings. The van der Waals surface area contributed by atoms with Gasteiger partial charge in [-0.1, -0.05) is 20.3 Å². The number of nitrogens with one attached hydrogen (secondary N) is 1. The van der Waals surface area contributed by atoms with Crippen molar-refractivity contribution in [3.63, 3.8) is 0 Å². The molecule has 0 aliphatic heterocycles. The van der Waals surface area contributed by atoms with Crippen molar-refractivity contribution < 1.29 is 0 Å². The Morgan fingerprint density at radius 2 is 1.84 bits per heavy atom. The second-order valence-electron chi connectivity index (χ2n) is 5.41. The summed E-state index contributed by atoms with van der Waals surface area (Å²) in [5, 5.41) is 3.37. The van der Waals surface area contributed by atoms with E-state index in [0.29, 0.717) is 18.5 Å². The Hall–Kier alpha value is -1.36. The third kappa shape index (κ3) is 4.06. The summed E-state index contributed by atoms with van der Waals surface area (Å²) >= 11 is 0. The van der Waals surface area contributed by atoms with Crippen molar-refractivity contribution in [2.75, 3.05) is 0 Å². The number of rotatable bonds is 6. The molecule has 0 saturated heterocycles. The smallest absolute Gasteiger partial charge is 0.309 e. The van der Waals surface area contributed by atoms with E-state index >= 15 is 0 Å². The number of aromatic nitrogens is 2. The fraction of sp³-hybridized carbons (Fsp3) is 0.714. The average Bonchev–Trinajstić information content (AvgIpc) is 2.38. The van der Waals surface area contributed by atoms with Crippen LogP contribution in [0.5, 0.6) is 0 Å². The average molecular weight is 267 g/mol. The first-order chi connectivity index (χ1) is 8.86. The molecule has 0 bridgehead atoms. The van der Waals surface area contributed by atoms with E-state index in [1.54, 1.807) is 7.05 Å². The summed E-state index contributed by atoms with van der Waals surface area (Å²) in [5.74, 6) is 0.676. The summed E-state index contributed by atoms with van der Waals surface area (Å²) in [6.45, 7) is 7.08. The SMILES string of the molecule is CCC(C)CC(C)NCc1cc(=O)n(C)c(=O)n1C. The Kier molecular flexibility index (Phi) is 5.54. The molecule has 2 unspecified atom stereocenters. The molecule has 5 nitrogen and oxygen atoms in total. The van der Waals surface area contributed by atoms with Gasteiger partial charge in [0.1, 0.15) is 0 Å². The van der Waals surface area contributed by atoms with E-state index in [4.69, 9.17) is 0 Å². The van der Waals surface area contributed by atoms with Gasteiger partial charge in [0.15, 0.2) is 0 Å². The second-order valence-corrected chi connectivity index (χ2v) is 5.41. The number of hydrogen-bond donors (Lipinski definition) is 1. The van der Waals surface area contributed by atoms with Gasteiger partial charge in [0, 0.05) is 38.4 Å². The van der Waals surface area contributed by atoms with Crippen LogP contribution in [-0.2, 0) is 20.6 Å². The molecule has 1 N–H and O–H groups in total. The van der Waals surface area contributed by atoms with Crippen molar-refractivity contribution in [2.45, 2.75) is 46.2 Å². The molecule has 0 aliphatic carbocycles. The van der Waals surface area contributed by atoms with Crippen LogP contribution < -0.4 is 16.6 Å². The van der Waals surface area contributed by atoms with E-state index in [-0.39, 0.29) is 11.2 Å². The third-order valence-corrected chi connectivity index (χ3v) is 3.71. The molecule has 1 aromatic heterocycles. The van der Waals surface area contributed by atoms with Crippen LogP contribution in [0.25, 0.3) is 0 Å². The zero-order chi connectivity index (χ0) is 14.6. The van der Waals surface area contributed by atoms with E-state index < -0.39 is 0 Å². The summed E-state index contributed by atoms with van der Waals surface area (Å²) in [6.07, 6.45) is 2.26. The Balaban J connectivity index is 2.74. The molecule has 0 radical (unpaired) electrons. The Labute approximate surface area is 114 Å². The summed E-state index contributed by atoms with van der Waals surface area (Å²) in [7, 11) is 3.19. The predicted octanol–water partition coefficient (Wildman–Crippen LogP) is 0.998. The molecule has 0 spiro atoms. The van der Waals surface area contributed by atoms with Crippen molar-refractivity contribution >= 4 is 0 Å². The van der Waals surface area contributed by atoms with E-state index in [1.807, 2.05) is 0 Å². The number of nitrogens with zero attached hydrogens (tertiary/aromatic N) is 2. The van der Waals surface area contributed by atoms with Gasteiger partial charge in [-0.15, -0.1) is 0 Å². The van der Waals surface area contributed by atoms with Gasteiger partial charge in [-0.25, -0.2) is 4.79 Å². The molecular weight excluding hydrogens is 242 g/mol. The van der Waals surface area contributed by atoms with Crippen molar-refractivity contribution in [1.29, 1.82) is 0 Å². The summed E-state index contributed by atoms with van der Waals surface area (Å²) < 4.78 is 2.64. The van der Waals surface area contributed by atoms with Crippen LogP contribution in [0.1, 0.15) is 39.3 Å². The highest BCUT2D eigenvalue weighted by molar-refractivity contribution is 5.02. The van der Waals surface area contributed by atoms with Gasteiger partial charge in [0.2, 0.25) is 0 Å². The fourth-order valence-corrected chi connectivity index (χ4v) is 2.08. The molecule has 108 valence electrons. The molecule has 0 aliphatic rings. The Morgan fingerprint density at radius 1 is 1.21 bits per heavy atom. The lowest BCUT2D eigenvalue weighted by molar-refractivity contribution is 0.407. The quantitative estimate of drug-likeness (QED) is 0.836. The summed E-state index contributed by atoms with van der Waals surface area (Å²) in [4.78, 5) is 23.4. The Morgan fingerprint density at radius 3 is 2.42 bits per heavy atom. The first-order valence-corrected chi connectivity index (χ1v) is 6.86. The van der Waals surface area contributed by atoms with E-state index in [1.165, 1.54) is 17.7 Å². The Bertz CT molecular complexity index is 530. The molecule has 1 rings (SSSR count). The third-order valence-electron chi connectivity index (χ3n) is 3.71. The minimum Gasteiger partial charge on any atom is -0.309 e. The van der Waals surface area contributed by atoms with Crippen LogP contribution >= 0.6 is 0 Å². The highest BCUT2D eigenvalue weighted by Crippen LogP contribution is 2.09. The first kappa shape index (κ1) is 15.7. The maximum Gasteiger partial charge on any atom is 0.330 e. The maximum atomic E-state index is 11.8. The molecule has 0 aromatic carbocycles. The minimum atomic E-state index is -0.279. The zero-order valence-corrected chi connectivity index (χ0v) is 12.6. The molecule has 19 heavy (non-hydrogen) atoms. The molecule has 0 amide bonds. The van der Waals surface area contributed by atoms with Crippen molar-refractivity contribution in [3.8, 4) is 0 Å². The van der Waals surface area contributed by atoms with Crippen LogP contribution in [0.3, 0.4) is 0 Å². The van der Waals surface area contributed by atoms with E-state index in [9.17, 15) is 9.59 Å². The predicted molar refractivity (Wildman–Crippen MR) is 77.3 cm³/mol. The highest BCUT2D eigenvalue weighted by atomic mass is 16.2. The van der Waals surface area contributed by atoms with Crippen LogP contribution in [0.2, 0.25) is 0 Å². The fourth-order valence-electron chi connectivity index (χ4n) is 2.08. The van der Waals surface area contributed by atoms with Gasteiger partial charge in [0.05, 0.1) is 0 Å². The van der Waals surface area contributed by atoms with Crippen LogP contribution in [0, 0.1) is 5.92 Å². The van der Waals surface area contributed by atoms with Crippen LogP contribution in [-0.4, -0.2) is 15.2 Å². The van der Waals surface area contributed by atoms with Crippen molar-refractivity contribution in [2.24, 2.45) is 20.0 Å². The van der Waals surface area contributed by atoms with Gasteiger partial charge in [-0.2, -0.15) is 0 Å². The number of hydrogen-bond acceptors (Lipinski definition) is 3. The monoisotopic (exact) mass is 267 g/mol. The summed E-state index contributed by atoms with van der Waals surface area (Å²) in [6, 6.07) is 1.89. The van der Waals surface area contributed by atoms with Gasteiger partial charge >= 0.3 is 5.69 Å². The molecule has 2 atom stereocenters. The molecule has 0 fully saturated rings. The zero-order valence-electron chi connectivity index (χ0n) is 12.6. The highest BCUT2D eigenvalue weighted by Gasteiger charge is 2.09. The molecule has 0 saturated carbocycles. The van der Waals surface area contributed by atoms with Crippen LogP contribution in [0.4, 0.5) is 0 Å². The van der Waals surface area contributed by atoms with Gasteiger partial charge in [-0.05, 0) is 19.3 Å². The lowest BCUT2D eigenvalue weighted by Gasteiger charge is -2.18. The lowest BCUT2D eigenvalue weighted by Crippen LogP contribution is -2.39. The lowest BCUT2D eigenvalue weighted by atomic mass is 10.0. The largest absolute Gasteiger partial charge is 0.330 e. The van der Waals surface area contributed by atoms with Crippen molar-refractivity contribution in [1.82, 2.24) is 14.5 Å². The molecular formula is C14H25N3O2. The first-order valence-electron chi connectivity index (χ1n) is 6.86. The molecule has 1 heterocycles. The standard InChI is InChI=1S/C14H25N3O2/c1-6-10(2)7-11(3)15-9-12-8-13(18)17(5)14(19)16(12)4/h8,10-11,15H,6-7,9H2,1-5H3. The van der Waals surface area contributed by atoms with Crippen molar-refractivity contribution in [3.05, 3.63) is 32.6 Å². The van der Waals surface area contributed by atoms with Gasteiger partial charge < -0.3 is 5.32 Å². The van der Waals surface area contributed by atoms with Gasteiger partial charge in [-0.3, -0.25) is 13.9 Å².